The third-order valence-corrected chi connectivity index (χ3v) is 2.09. The fourth-order valence-electron chi connectivity index (χ4n) is 0.725. The van der Waals surface area contributed by atoms with Crippen LogP contribution in [0.2, 0.25) is 0 Å². The molecule has 1 heterocycles. The van der Waals surface area contributed by atoms with Crippen molar-refractivity contribution in [3.05, 3.63) is 16.2 Å². The van der Waals surface area contributed by atoms with E-state index in [1.54, 1.807) is 6.07 Å². The van der Waals surface area contributed by atoms with Crippen LogP contribution in [0.15, 0.2) is 10.7 Å². The van der Waals surface area contributed by atoms with Gasteiger partial charge in [-0.2, -0.15) is 5.26 Å². The van der Waals surface area contributed by atoms with E-state index in [4.69, 9.17) is 5.26 Å². The molecular formula is C7H2BrF3N2O2. The molecule has 8 heteroatoms. The van der Waals surface area contributed by atoms with E-state index in [0.717, 1.165) is 6.20 Å². The average molecular weight is 283 g/mol. The number of hydrogen-bond donors (Lipinski definition) is 1. The molecule has 1 aromatic heterocycles. The van der Waals surface area contributed by atoms with Crippen molar-refractivity contribution in [2.24, 2.45) is 0 Å². The lowest BCUT2D eigenvalue weighted by Crippen LogP contribution is -2.18. The molecule has 0 aliphatic carbocycles. The summed E-state index contributed by atoms with van der Waals surface area (Å²) in [6.45, 7) is 0. The number of ether oxygens (including phenoxy) is 1. The van der Waals surface area contributed by atoms with Crippen LogP contribution in [0.3, 0.4) is 0 Å². The maximum atomic E-state index is 11.8. The maximum absolute atomic E-state index is 11.8. The van der Waals surface area contributed by atoms with Crippen LogP contribution in [0.5, 0.6) is 11.6 Å². The Balaban J connectivity index is 3.14. The predicted molar refractivity (Wildman–Crippen MR) is 45.0 cm³/mol. The second-order valence-electron chi connectivity index (χ2n) is 2.30. The molecule has 15 heavy (non-hydrogen) atoms. The zero-order valence-electron chi connectivity index (χ0n) is 6.84. The predicted octanol–water partition coefficient (Wildman–Crippen LogP) is 2.32. The number of aromatic nitrogens is 1. The van der Waals surface area contributed by atoms with Gasteiger partial charge in [-0.15, -0.1) is 13.2 Å². The molecular weight excluding hydrogens is 281 g/mol. The van der Waals surface area contributed by atoms with Crippen molar-refractivity contribution < 1.29 is 23.0 Å². The Morgan fingerprint density at radius 1 is 1.53 bits per heavy atom. The van der Waals surface area contributed by atoms with Gasteiger partial charge in [-0.25, -0.2) is 4.98 Å². The highest BCUT2D eigenvalue weighted by atomic mass is 79.9. The van der Waals surface area contributed by atoms with Crippen LogP contribution < -0.4 is 4.74 Å². The van der Waals surface area contributed by atoms with Crippen molar-refractivity contribution in [2.45, 2.75) is 6.36 Å². The maximum Gasteiger partial charge on any atom is 0.574 e. The van der Waals surface area contributed by atoms with Crippen LogP contribution in [0.1, 0.15) is 5.56 Å². The molecule has 0 unspecified atom stereocenters. The first kappa shape index (κ1) is 11.6. The van der Waals surface area contributed by atoms with Gasteiger partial charge in [0, 0.05) is 0 Å². The lowest BCUT2D eigenvalue weighted by molar-refractivity contribution is -0.276. The van der Waals surface area contributed by atoms with Crippen molar-refractivity contribution in [1.29, 1.82) is 5.26 Å². The van der Waals surface area contributed by atoms with Gasteiger partial charge in [-0.1, -0.05) is 0 Å². The topological polar surface area (TPSA) is 66.1 Å². The number of nitrogens with zero attached hydrogens (tertiary/aromatic N) is 2. The summed E-state index contributed by atoms with van der Waals surface area (Å²) in [7, 11) is 0. The van der Waals surface area contributed by atoms with Crippen LogP contribution in [0, 0.1) is 11.3 Å². The molecule has 1 N–H and O–H groups in total. The number of hydrogen-bond acceptors (Lipinski definition) is 4. The summed E-state index contributed by atoms with van der Waals surface area (Å²) in [4.78, 5) is 3.15. The summed E-state index contributed by atoms with van der Waals surface area (Å²) in [5.74, 6) is -1.88. The van der Waals surface area contributed by atoms with Crippen molar-refractivity contribution in [3.8, 4) is 17.7 Å². The van der Waals surface area contributed by atoms with Crippen LogP contribution in [-0.2, 0) is 0 Å². The van der Waals surface area contributed by atoms with E-state index >= 15 is 0 Å². The van der Waals surface area contributed by atoms with Crippen LogP contribution in [-0.4, -0.2) is 16.5 Å². The van der Waals surface area contributed by atoms with Crippen molar-refractivity contribution in [2.75, 3.05) is 0 Å². The monoisotopic (exact) mass is 282 g/mol. The second-order valence-corrected chi connectivity index (χ2v) is 3.09. The van der Waals surface area contributed by atoms with E-state index in [9.17, 15) is 18.3 Å². The zero-order valence-corrected chi connectivity index (χ0v) is 8.43. The fraction of sp³-hybridized carbons (Fsp3) is 0.143. The molecule has 0 radical (unpaired) electrons. The van der Waals surface area contributed by atoms with Crippen LogP contribution in [0.25, 0.3) is 0 Å². The lowest BCUT2D eigenvalue weighted by Gasteiger charge is -2.09. The number of aromatic hydroxyl groups is 1. The highest BCUT2D eigenvalue weighted by Crippen LogP contribution is 2.36. The minimum Gasteiger partial charge on any atom is -0.502 e. The third kappa shape index (κ3) is 2.73. The van der Waals surface area contributed by atoms with Crippen LogP contribution in [0.4, 0.5) is 13.2 Å². The smallest absolute Gasteiger partial charge is 0.502 e. The highest BCUT2D eigenvalue weighted by Gasteiger charge is 2.33. The Hall–Kier alpha value is -1.49. The van der Waals surface area contributed by atoms with E-state index in [0.29, 0.717) is 0 Å². The van der Waals surface area contributed by atoms with E-state index in [2.05, 4.69) is 25.7 Å². The van der Waals surface area contributed by atoms with E-state index in [1.165, 1.54) is 0 Å². The molecule has 0 bridgehead atoms. The number of alkyl halides is 3. The van der Waals surface area contributed by atoms with Gasteiger partial charge >= 0.3 is 6.36 Å². The summed E-state index contributed by atoms with van der Waals surface area (Å²) < 4.78 is 38.6. The van der Waals surface area contributed by atoms with Crippen molar-refractivity contribution in [1.82, 2.24) is 4.98 Å². The van der Waals surface area contributed by atoms with Gasteiger partial charge < -0.3 is 9.84 Å². The van der Waals surface area contributed by atoms with Gasteiger partial charge in [0.1, 0.15) is 6.07 Å². The molecule has 0 aliphatic heterocycles. The highest BCUT2D eigenvalue weighted by molar-refractivity contribution is 9.10. The molecule has 0 spiro atoms. The molecule has 0 saturated carbocycles. The fourth-order valence-corrected chi connectivity index (χ4v) is 1.09. The summed E-state index contributed by atoms with van der Waals surface area (Å²) >= 11 is 2.74. The SMILES string of the molecule is N#Cc1cnc(OC(F)(F)F)c(O)c1Br. The summed E-state index contributed by atoms with van der Waals surface area (Å²) in [6, 6.07) is 1.62. The normalized spacial score (nSPS) is 10.9. The summed E-state index contributed by atoms with van der Waals surface area (Å²) in [5.41, 5.74) is -0.0953. The van der Waals surface area contributed by atoms with E-state index < -0.39 is 18.0 Å². The van der Waals surface area contributed by atoms with Gasteiger partial charge in [-0.05, 0) is 15.9 Å². The molecule has 0 atom stereocenters. The Morgan fingerprint density at radius 2 is 2.13 bits per heavy atom. The largest absolute Gasteiger partial charge is 0.574 e. The van der Waals surface area contributed by atoms with Gasteiger partial charge in [-0.3, -0.25) is 0 Å². The van der Waals surface area contributed by atoms with Gasteiger partial charge in [0.25, 0.3) is 5.88 Å². The molecule has 0 saturated heterocycles. The Labute approximate surface area is 90.0 Å². The molecule has 0 amide bonds. The molecule has 4 nitrogen and oxygen atoms in total. The molecule has 0 aromatic carbocycles. The number of rotatable bonds is 1. The third-order valence-electron chi connectivity index (χ3n) is 1.29. The van der Waals surface area contributed by atoms with Gasteiger partial charge in [0.15, 0.2) is 5.75 Å². The van der Waals surface area contributed by atoms with Gasteiger partial charge in [0.05, 0.1) is 16.2 Å². The Morgan fingerprint density at radius 3 is 2.60 bits per heavy atom. The molecule has 80 valence electrons. The first-order valence-electron chi connectivity index (χ1n) is 3.38. The Bertz CT molecular complexity index is 427. The minimum absolute atomic E-state index is 0.0953. The molecule has 1 rings (SSSR count). The molecule has 0 fully saturated rings. The van der Waals surface area contributed by atoms with Crippen LogP contribution >= 0.6 is 15.9 Å². The minimum atomic E-state index is -4.95. The van der Waals surface area contributed by atoms with E-state index in [-0.39, 0.29) is 10.0 Å². The standard InChI is InChI=1S/C7H2BrF3N2O2/c8-4-3(1-12)2-13-6(5(4)14)15-7(9,10)11/h2,14H. The Kier molecular flexibility index (Phi) is 3.04. The second kappa shape index (κ2) is 3.94. The zero-order chi connectivity index (χ0) is 11.6. The molecule has 0 aliphatic rings. The number of halogens is 4. The summed E-state index contributed by atoms with van der Waals surface area (Å²) in [6.07, 6.45) is -4.09. The number of nitriles is 1. The lowest BCUT2D eigenvalue weighted by atomic mass is 10.3. The van der Waals surface area contributed by atoms with Crippen molar-refractivity contribution >= 4 is 15.9 Å². The van der Waals surface area contributed by atoms with E-state index in [1.807, 2.05) is 0 Å². The number of pyridine rings is 1. The first-order chi connectivity index (χ1) is 6.85. The first-order valence-corrected chi connectivity index (χ1v) is 4.17. The molecule has 1 aromatic rings. The summed E-state index contributed by atoms with van der Waals surface area (Å²) in [5, 5.41) is 17.7. The average Bonchev–Trinajstić information content (AvgIpc) is 2.11. The van der Waals surface area contributed by atoms with Crippen molar-refractivity contribution in [3.63, 3.8) is 0 Å². The quantitative estimate of drug-likeness (QED) is 0.858. The van der Waals surface area contributed by atoms with Gasteiger partial charge in [0.2, 0.25) is 0 Å².